The predicted octanol–water partition coefficient (Wildman–Crippen LogP) is 2.38. The van der Waals surface area contributed by atoms with Gasteiger partial charge in [0.2, 0.25) is 0 Å². The average molecular weight is 410 g/mol. The molecule has 0 aliphatic rings. The van der Waals surface area contributed by atoms with E-state index in [0.717, 1.165) is 24.1 Å². The van der Waals surface area contributed by atoms with Crippen LogP contribution in [0.5, 0.6) is 5.75 Å². The van der Waals surface area contributed by atoms with Crippen molar-refractivity contribution in [3.63, 3.8) is 0 Å². The smallest absolute Gasteiger partial charge is 0.329 e. The summed E-state index contributed by atoms with van der Waals surface area (Å²) in [5.74, 6) is -1.27. The molecule has 0 aliphatic carbocycles. The molecule has 0 heterocycles. The van der Waals surface area contributed by atoms with Crippen LogP contribution in [-0.2, 0) is 14.4 Å². The van der Waals surface area contributed by atoms with Gasteiger partial charge in [0.15, 0.2) is 6.61 Å². The van der Waals surface area contributed by atoms with Crippen LogP contribution in [0.4, 0.5) is 5.69 Å². The highest BCUT2D eigenvalue weighted by molar-refractivity contribution is 6.35. The highest BCUT2D eigenvalue weighted by Gasteiger charge is 2.11. The fourth-order valence-electron chi connectivity index (χ4n) is 2.39. The summed E-state index contributed by atoms with van der Waals surface area (Å²) in [5, 5.41) is 9.03. The number of ether oxygens (including phenoxy) is 1. The maximum atomic E-state index is 12.0. The second-order valence-electron chi connectivity index (χ2n) is 6.58. The zero-order valence-corrected chi connectivity index (χ0v) is 17.1. The Morgan fingerprint density at radius 2 is 1.83 bits per heavy atom. The van der Waals surface area contributed by atoms with Crippen LogP contribution in [0.15, 0.2) is 53.6 Å². The molecule has 158 valence electrons. The molecule has 0 fully saturated rings. The van der Waals surface area contributed by atoms with E-state index in [9.17, 15) is 14.4 Å². The standard InChI is InChI=1S/C22H26N4O4/c1-3-4-12-23-21(28)22(29)26-24-14-17-8-10-19(11-9-17)30-15-20(27)25-18-7-5-6-16(2)13-18/h5-11,13-14H,3-4,12,15H2,1-2H3,(H,23,28)(H,25,27)(H,26,29)/b24-14-. The number of amides is 3. The van der Waals surface area contributed by atoms with E-state index in [1.165, 1.54) is 6.21 Å². The van der Waals surface area contributed by atoms with Gasteiger partial charge in [-0.1, -0.05) is 25.5 Å². The van der Waals surface area contributed by atoms with Gasteiger partial charge in [-0.3, -0.25) is 14.4 Å². The zero-order chi connectivity index (χ0) is 21.8. The first-order valence-electron chi connectivity index (χ1n) is 9.68. The molecule has 0 aromatic heterocycles. The zero-order valence-electron chi connectivity index (χ0n) is 17.1. The summed E-state index contributed by atoms with van der Waals surface area (Å²) in [6.45, 7) is 4.28. The lowest BCUT2D eigenvalue weighted by atomic mass is 10.2. The number of carbonyl (C=O) groups excluding carboxylic acids is 3. The molecule has 8 nitrogen and oxygen atoms in total. The number of hydrogen-bond acceptors (Lipinski definition) is 5. The summed E-state index contributed by atoms with van der Waals surface area (Å²) in [4.78, 5) is 35.1. The third-order valence-corrected chi connectivity index (χ3v) is 3.95. The predicted molar refractivity (Wildman–Crippen MR) is 115 cm³/mol. The van der Waals surface area contributed by atoms with Gasteiger partial charge in [-0.2, -0.15) is 5.10 Å². The van der Waals surface area contributed by atoms with Gasteiger partial charge in [0, 0.05) is 12.2 Å². The van der Waals surface area contributed by atoms with Gasteiger partial charge in [0.1, 0.15) is 5.75 Å². The Kier molecular flexibility index (Phi) is 9.05. The van der Waals surface area contributed by atoms with Crippen LogP contribution in [0.2, 0.25) is 0 Å². The van der Waals surface area contributed by atoms with E-state index < -0.39 is 11.8 Å². The van der Waals surface area contributed by atoms with Crippen molar-refractivity contribution < 1.29 is 19.1 Å². The lowest BCUT2D eigenvalue weighted by Gasteiger charge is -2.08. The fraction of sp³-hybridized carbons (Fsp3) is 0.273. The Morgan fingerprint density at radius 3 is 2.53 bits per heavy atom. The van der Waals surface area contributed by atoms with Gasteiger partial charge in [-0.25, -0.2) is 5.43 Å². The highest BCUT2D eigenvalue weighted by Crippen LogP contribution is 2.12. The van der Waals surface area contributed by atoms with Crippen molar-refractivity contribution >= 4 is 29.6 Å². The maximum absolute atomic E-state index is 12.0. The summed E-state index contributed by atoms with van der Waals surface area (Å²) in [6, 6.07) is 14.3. The molecule has 3 N–H and O–H groups in total. The third-order valence-electron chi connectivity index (χ3n) is 3.95. The number of aryl methyl sites for hydroxylation is 1. The average Bonchev–Trinajstić information content (AvgIpc) is 2.73. The Morgan fingerprint density at radius 1 is 1.07 bits per heavy atom. The summed E-state index contributed by atoms with van der Waals surface area (Å²) in [6.07, 6.45) is 3.15. The number of hydrogen-bond donors (Lipinski definition) is 3. The molecule has 3 amide bonds. The summed E-state index contributed by atoms with van der Waals surface area (Å²) < 4.78 is 5.47. The second-order valence-corrected chi connectivity index (χ2v) is 6.58. The van der Waals surface area contributed by atoms with E-state index in [0.29, 0.717) is 17.9 Å². The molecule has 0 saturated heterocycles. The van der Waals surface area contributed by atoms with Crippen LogP contribution in [-0.4, -0.2) is 37.1 Å². The molecule has 0 radical (unpaired) electrons. The SMILES string of the molecule is CCCCNC(=O)C(=O)N/N=C\c1ccc(OCC(=O)Nc2cccc(C)c2)cc1. The molecule has 0 bridgehead atoms. The van der Waals surface area contributed by atoms with E-state index in [4.69, 9.17) is 4.74 Å². The number of carbonyl (C=O) groups is 3. The van der Waals surface area contributed by atoms with E-state index in [2.05, 4.69) is 21.2 Å². The van der Waals surface area contributed by atoms with Crippen LogP contribution < -0.4 is 20.8 Å². The number of nitrogens with one attached hydrogen (secondary N) is 3. The number of hydrazone groups is 1. The first-order chi connectivity index (χ1) is 14.5. The number of nitrogens with zero attached hydrogens (tertiary/aromatic N) is 1. The lowest BCUT2D eigenvalue weighted by molar-refractivity contribution is -0.139. The van der Waals surface area contributed by atoms with Crippen molar-refractivity contribution in [2.24, 2.45) is 5.10 Å². The Hall–Kier alpha value is -3.68. The van der Waals surface area contributed by atoms with Crippen molar-refractivity contribution in [1.29, 1.82) is 0 Å². The molecule has 0 spiro atoms. The van der Waals surface area contributed by atoms with E-state index >= 15 is 0 Å². The van der Waals surface area contributed by atoms with Gasteiger partial charge in [-0.15, -0.1) is 0 Å². The number of unbranched alkanes of at least 4 members (excludes halogenated alkanes) is 1. The summed E-state index contributed by atoms with van der Waals surface area (Å²) in [5.41, 5.74) is 4.64. The van der Waals surface area contributed by atoms with Gasteiger partial charge in [0.25, 0.3) is 5.91 Å². The van der Waals surface area contributed by atoms with E-state index in [-0.39, 0.29) is 12.5 Å². The lowest BCUT2D eigenvalue weighted by Crippen LogP contribution is -2.38. The molecule has 2 aromatic carbocycles. The molecule has 0 unspecified atom stereocenters. The number of rotatable bonds is 9. The van der Waals surface area contributed by atoms with Crippen molar-refractivity contribution in [1.82, 2.24) is 10.7 Å². The van der Waals surface area contributed by atoms with Gasteiger partial charge >= 0.3 is 11.8 Å². The van der Waals surface area contributed by atoms with Crippen molar-refractivity contribution in [2.45, 2.75) is 26.7 Å². The van der Waals surface area contributed by atoms with Gasteiger partial charge in [-0.05, 0) is 60.9 Å². The summed E-state index contributed by atoms with van der Waals surface area (Å²) in [7, 11) is 0. The minimum absolute atomic E-state index is 0.120. The van der Waals surface area contributed by atoms with E-state index in [1.807, 2.05) is 38.1 Å². The Bertz CT molecular complexity index is 894. The molecule has 0 saturated carbocycles. The molecular formula is C22H26N4O4. The van der Waals surface area contributed by atoms with Crippen LogP contribution in [0.25, 0.3) is 0 Å². The van der Waals surface area contributed by atoms with Crippen LogP contribution in [0, 0.1) is 6.92 Å². The first kappa shape index (κ1) is 22.6. The van der Waals surface area contributed by atoms with Crippen LogP contribution >= 0.6 is 0 Å². The van der Waals surface area contributed by atoms with Crippen LogP contribution in [0.3, 0.4) is 0 Å². The molecular weight excluding hydrogens is 384 g/mol. The quantitative estimate of drug-likeness (QED) is 0.255. The number of benzene rings is 2. The molecule has 2 aromatic rings. The fourth-order valence-corrected chi connectivity index (χ4v) is 2.39. The molecule has 30 heavy (non-hydrogen) atoms. The largest absolute Gasteiger partial charge is 0.484 e. The summed E-state index contributed by atoms with van der Waals surface area (Å²) >= 11 is 0. The molecule has 2 rings (SSSR count). The normalized spacial score (nSPS) is 10.5. The Balaban J connectivity index is 1.75. The van der Waals surface area contributed by atoms with Gasteiger partial charge < -0.3 is 15.4 Å². The molecule has 8 heteroatoms. The van der Waals surface area contributed by atoms with Gasteiger partial charge in [0.05, 0.1) is 6.21 Å². The first-order valence-corrected chi connectivity index (χ1v) is 9.68. The van der Waals surface area contributed by atoms with Crippen molar-refractivity contribution in [3.05, 3.63) is 59.7 Å². The Labute approximate surface area is 175 Å². The monoisotopic (exact) mass is 410 g/mol. The number of anilines is 1. The molecule has 0 atom stereocenters. The second kappa shape index (κ2) is 12.0. The van der Waals surface area contributed by atoms with Crippen molar-refractivity contribution in [3.8, 4) is 5.75 Å². The maximum Gasteiger partial charge on any atom is 0.329 e. The minimum Gasteiger partial charge on any atom is -0.484 e. The highest BCUT2D eigenvalue weighted by atomic mass is 16.5. The topological polar surface area (TPSA) is 109 Å². The van der Waals surface area contributed by atoms with E-state index in [1.54, 1.807) is 24.3 Å². The van der Waals surface area contributed by atoms with Crippen LogP contribution in [0.1, 0.15) is 30.9 Å². The van der Waals surface area contributed by atoms with Crippen molar-refractivity contribution in [2.75, 3.05) is 18.5 Å². The molecule has 0 aliphatic heterocycles. The minimum atomic E-state index is -0.818. The third kappa shape index (κ3) is 8.14.